The van der Waals surface area contributed by atoms with Crippen LogP contribution in [0, 0.1) is 10.1 Å². The summed E-state index contributed by atoms with van der Waals surface area (Å²) >= 11 is 5.61. The molecule has 10 heteroatoms. The number of benzene rings is 1. The van der Waals surface area contributed by atoms with Crippen molar-refractivity contribution < 1.29 is 22.9 Å². The lowest BCUT2D eigenvalue weighted by Gasteiger charge is -2.13. The maximum Gasteiger partial charge on any atom is 0.323 e. The van der Waals surface area contributed by atoms with Crippen LogP contribution in [0.15, 0.2) is 23.1 Å². The zero-order chi connectivity index (χ0) is 16.2. The van der Waals surface area contributed by atoms with Crippen LogP contribution in [0.25, 0.3) is 0 Å². The van der Waals surface area contributed by atoms with Crippen LogP contribution in [-0.2, 0) is 19.6 Å². The van der Waals surface area contributed by atoms with Gasteiger partial charge in [0.1, 0.15) is 11.1 Å². The minimum Gasteiger partial charge on any atom is -0.465 e. The number of esters is 1. The van der Waals surface area contributed by atoms with Gasteiger partial charge in [0.15, 0.2) is 0 Å². The Bertz CT molecular complexity index is 661. The smallest absolute Gasteiger partial charge is 0.323 e. The second-order valence-electron chi connectivity index (χ2n) is 3.97. The molecule has 0 spiro atoms. The Morgan fingerprint density at radius 3 is 2.67 bits per heavy atom. The molecule has 0 amide bonds. The summed E-state index contributed by atoms with van der Waals surface area (Å²) in [6.45, 7) is 3.00. The highest BCUT2D eigenvalue weighted by Crippen LogP contribution is 2.27. The van der Waals surface area contributed by atoms with Crippen LogP contribution in [0.1, 0.15) is 13.8 Å². The van der Waals surface area contributed by atoms with Gasteiger partial charge in [-0.3, -0.25) is 14.9 Å². The molecule has 0 saturated carbocycles. The number of nitrogens with zero attached hydrogens (tertiary/aromatic N) is 1. The van der Waals surface area contributed by atoms with Crippen molar-refractivity contribution in [3.05, 3.63) is 33.3 Å². The standard InChI is InChI=1S/C11H13ClN2O6S/c1-3-20-11(15)7(2)13-21(18,19)8-4-5-9(12)10(6-8)14(16)17/h4-7,13H,3H2,1-2H3. The highest BCUT2D eigenvalue weighted by molar-refractivity contribution is 7.89. The number of ether oxygens (including phenoxy) is 1. The molecule has 116 valence electrons. The van der Waals surface area contributed by atoms with E-state index in [9.17, 15) is 23.3 Å². The van der Waals surface area contributed by atoms with Crippen LogP contribution in [-0.4, -0.2) is 32.0 Å². The number of sulfonamides is 1. The van der Waals surface area contributed by atoms with E-state index >= 15 is 0 Å². The van der Waals surface area contributed by atoms with Crippen LogP contribution in [0.2, 0.25) is 5.02 Å². The number of hydrogen-bond acceptors (Lipinski definition) is 6. The van der Waals surface area contributed by atoms with Gasteiger partial charge in [0.2, 0.25) is 10.0 Å². The number of rotatable bonds is 6. The van der Waals surface area contributed by atoms with Crippen molar-refractivity contribution >= 4 is 33.3 Å². The number of nitrogens with one attached hydrogen (secondary N) is 1. The van der Waals surface area contributed by atoms with Gasteiger partial charge in [-0.25, -0.2) is 8.42 Å². The molecule has 1 aromatic rings. The number of nitro benzene ring substituents is 1. The molecule has 0 aliphatic carbocycles. The van der Waals surface area contributed by atoms with Gasteiger partial charge in [-0.1, -0.05) is 11.6 Å². The summed E-state index contributed by atoms with van der Waals surface area (Å²) in [7, 11) is -4.11. The number of halogens is 1. The van der Waals surface area contributed by atoms with Crippen molar-refractivity contribution in [1.29, 1.82) is 0 Å². The average Bonchev–Trinajstić information content (AvgIpc) is 2.38. The zero-order valence-electron chi connectivity index (χ0n) is 11.2. The number of carbonyl (C=O) groups excluding carboxylic acids is 1. The Morgan fingerprint density at radius 2 is 2.14 bits per heavy atom. The van der Waals surface area contributed by atoms with Crippen LogP contribution in [0.5, 0.6) is 0 Å². The third-order valence-corrected chi connectivity index (χ3v) is 4.25. The lowest BCUT2D eigenvalue weighted by Crippen LogP contribution is -2.39. The van der Waals surface area contributed by atoms with Crippen molar-refractivity contribution in [2.24, 2.45) is 0 Å². The van der Waals surface area contributed by atoms with E-state index in [0.717, 1.165) is 18.2 Å². The first-order valence-electron chi connectivity index (χ1n) is 5.82. The molecular formula is C11H13ClN2O6S. The molecular weight excluding hydrogens is 324 g/mol. The van der Waals surface area contributed by atoms with Crippen molar-refractivity contribution in [1.82, 2.24) is 4.72 Å². The second kappa shape index (κ2) is 6.83. The van der Waals surface area contributed by atoms with Crippen molar-refractivity contribution in [3.8, 4) is 0 Å². The Morgan fingerprint density at radius 1 is 1.52 bits per heavy atom. The summed E-state index contributed by atoms with van der Waals surface area (Å²) < 4.78 is 30.9. The van der Waals surface area contributed by atoms with E-state index in [1.54, 1.807) is 6.92 Å². The fraction of sp³-hybridized carbons (Fsp3) is 0.364. The molecule has 0 aromatic heterocycles. The van der Waals surface area contributed by atoms with Gasteiger partial charge in [-0.15, -0.1) is 0 Å². The van der Waals surface area contributed by atoms with E-state index in [1.165, 1.54) is 6.92 Å². The Hall–Kier alpha value is -1.71. The lowest BCUT2D eigenvalue weighted by molar-refractivity contribution is -0.384. The maximum absolute atomic E-state index is 12.1. The molecule has 1 N–H and O–H groups in total. The first kappa shape index (κ1) is 17.3. The number of hydrogen-bond donors (Lipinski definition) is 1. The molecule has 1 atom stereocenters. The van der Waals surface area contributed by atoms with E-state index in [2.05, 4.69) is 9.46 Å². The van der Waals surface area contributed by atoms with Crippen LogP contribution in [0.3, 0.4) is 0 Å². The van der Waals surface area contributed by atoms with E-state index in [4.69, 9.17) is 11.6 Å². The van der Waals surface area contributed by atoms with E-state index in [1.807, 2.05) is 0 Å². The zero-order valence-corrected chi connectivity index (χ0v) is 12.8. The summed E-state index contributed by atoms with van der Waals surface area (Å²) in [4.78, 5) is 21.0. The molecule has 1 unspecified atom stereocenters. The molecule has 0 fully saturated rings. The van der Waals surface area contributed by atoms with Gasteiger partial charge in [0.25, 0.3) is 5.69 Å². The molecule has 1 rings (SSSR count). The van der Waals surface area contributed by atoms with E-state index in [0.29, 0.717) is 0 Å². The average molecular weight is 337 g/mol. The van der Waals surface area contributed by atoms with Gasteiger partial charge in [0.05, 0.1) is 16.4 Å². The Labute approximate surface area is 126 Å². The monoisotopic (exact) mass is 336 g/mol. The maximum atomic E-state index is 12.1. The predicted molar refractivity (Wildman–Crippen MR) is 74.5 cm³/mol. The lowest BCUT2D eigenvalue weighted by atomic mass is 10.3. The fourth-order valence-corrected chi connectivity index (χ4v) is 2.81. The second-order valence-corrected chi connectivity index (χ2v) is 6.09. The van der Waals surface area contributed by atoms with Crippen molar-refractivity contribution in [2.45, 2.75) is 24.8 Å². The van der Waals surface area contributed by atoms with Gasteiger partial charge in [-0.05, 0) is 26.0 Å². The molecule has 0 aliphatic rings. The molecule has 0 heterocycles. The third kappa shape index (κ3) is 4.38. The normalized spacial score (nSPS) is 12.7. The van der Waals surface area contributed by atoms with Gasteiger partial charge < -0.3 is 4.74 Å². The summed E-state index contributed by atoms with van der Waals surface area (Å²) in [6, 6.07) is 1.91. The predicted octanol–water partition coefficient (Wildman–Crippen LogP) is 1.48. The highest BCUT2D eigenvalue weighted by Gasteiger charge is 2.25. The molecule has 0 aliphatic heterocycles. The number of nitro groups is 1. The molecule has 0 radical (unpaired) electrons. The van der Waals surface area contributed by atoms with Gasteiger partial charge in [0, 0.05) is 6.07 Å². The summed E-state index contributed by atoms with van der Waals surface area (Å²) in [5, 5.41) is 10.6. The van der Waals surface area contributed by atoms with Crippen LogP contribution >= 0.6 is 11.6 Å². The fourth-order valence-electron chi connectivity index (χ4n) is 1.42. The first-order chi connectivity index (χ1) is 9.69. The molecule has 0 saturated heterocycles. The molecule has 0 bridgehead atoms. The molecule has 8 nitrogen and oxygen atoms in total. The number of carbonyl (C=O) groups is 1. The Kier molecular flexibility index (Phi) is 5.64. The van der Waals surface area contributed by atoms with Gasteiger partial charge in [-0.2, -0.15) is 4.72 Å². The van der Waals surface area contributed by atoms with E-state index < -0.39 is 32.6 Å². The summed E-state index contributed by atoms with van der Waals surface area (Å²) in [5.41, 5.74) is -0.539. The largest absolute Gasteiger partial charge is 0.465 e. The SMILES string of the molecule is CCOC(=O)C(C)NS(=O)(=O)c1ccc(Cl)c([N+](=O)[O-])c1. The minimum atomic E-state index is -4.11. The van der Waals surface area contributed by atoms with Crippen LogP contribution < -0.4 is 4.72 Å². The quantitative estimate of drug-likeness (QED) is 0.478. The van der Waals surface area contributed by atoms with Crippen molar-refractivity contribution in [3.63, 3.8) is 0 Å². The molecule has 21 heavy (non-hydrogen) atoms. The van der Waals surface area contributed by atoms with Crippen LogP contribution in [0.4, 0.5) is 5.69 Å². The molecule has 1 aromatic carbocycles. The summed E-state index contributed by atoms with van der Waals surface area (Å²) in [5.74, 6) is -0.746. The highest BCUT2D eigenvalue weighted by atomic mass is 35.5. The van der Waals surface area contributed by atoms with Crippen molar-refractivity contribution in [2.75, 3.05) is 6.61 Å². The third-order valence-electron chi connectivity index (χ3n) is 2.40. The minimum absolute atomic E-state index is 0.108. The Balaban J connectivity index is 3.06. The van der Waals surface area contributed by atoms with E-state index in [-0.39, 0.29) is 16.5 Å². The summed E-state index contributed by atoms with van der Waals surface area (Å²) in [6.07, 6.45) is 0. The topological polar surface area (TPSA) is 116 Å². The first-order valence-corrected chi connectivity index (χ1v) is 7.68. The van der Waals surface area contributed by atoms with Gasteiger partial charge >= 0.3 is 5.97 Å².